The lowest BCUT2D eigenvalue weighted by Crippen LogP contribution is -2.49. The monoisotopic (exact) mass is 429 g/mol. The highest BCUT2D eigenvalue weighted by molar-refractivity contribution is 5.93. The molecule has 0 unspecified atom stereocenters. The molecule has 1 saturated heterocycles. The van der Waals surface area contributed by atoms with Crippen molar-refractivity contribution in [2.24, 2.45) is 7.05 Å². The second-order valence-corrected chi connectivity index (χ2v) is 7.78. The summed E-state index contributed by atoms with van der Waals surface area (Å²) in [5.41, 5.74) is 4.34. The van der Waals surface area contributed by atoms with Gasteiger partial charge in [-0.3, -0.25) is 14.7 Å². The highest BCUT2D eigenvalue weighted by atomic mass is 16.2. The third-order valence-electron chi connectivity index (χ3n) is 5.76. The topological polar surface area (TPSA) is 103 Å². The lowest BCUT2D eigenvalue weighted by Gasteiger charge is -2.36. The Hall–Kier alpha value is -4.14. The molecule has 1 aliphatic rings. The summed E-state index contributed by atoms with van der Waals surface area (Å²) in [6.07, 6.45) is 1.94. The Labute approximate surface area is 184 Å². The normalized spacial score (nSPS) is 14.0. The van der Waals surface area contributed by atoms with Gasteiger partial charge in [-0.05, 0) is 18.2 Å². The number of anilines is 1. The number of carbonyl (C=O) groups excluding carboxylic acids is 1. The number of amides is 1. The van der Waals surface area contributed by atoms with Crippen molar-refractivity contribution < 1.29 is 4.79 Å². The van der Waals surface area contributed by atoms with Gasteiger partial charge < -0.3 is 14.4 Å². The first-order valence-electron chi connectivity index (χ1n) is 10.5. The molecule has 1 fully saturated rings. The number of piperazine rings is 1. The molecule has 162 valence electrons. The molecule has 0 bridgehead atoms. The fourth-order valence-corrected chi connectivity index (χ4v) is 4.05. The van der Waals surface area contributed by atoms with E-state index < -0.39 is 0 Å². The van der Waals surface area contributed by atoms with Crippen LogP contribution in [0.5, 0.6) is 0 Å². The van der Waals surface area contributed by atoms with Crippen molar-refractivity contribution in [2.45, 2.75) is 0 Å². The Morgan fingerprint density at radius 1 is 0.938 bits per heavy atom. The molecule has 0 atom stereocenters. The fraction of sp³-hybridized carbons (Fsp3) is 0.217. The molecule has 1 aliphatic heterocycles. The number of hydrogen-bond donors (Lipinski definition) is 2. The van der Waals surface area contributed by atoms with E-state index in [-0.39, 0.29) is 11.5 Å². The number of nitrogens with one attached hydrogen (secondary N) is 2. The van der Waals surface area contributed by atoms with Crippen molar-refractivity contribution in [1.82, 2.24) is 29.9 Å². The number of carbonyl (C=O) groups is 1. The number of rotatable bonds is 4. The SMILES string of the molecule is Cn1cccc1-c1cc(C(=O)N2CCN(c3cc(=O)[nH]nc3-c3ccccc3)CC2)[nH]n1. The molecular weight excluding hydrogens is 406 g/mol. The summed E-state index contributed by atoms with van der Waals surface area (Å²) >= 11 is 0. The zero-order valence-electron chi connectivity index (χ0n) is 17.7. The van der Waals surface area contributed by atoms with E-state index in [1.807, 2.05) is 65.2 Å². The molecule has 3 aromatic heterocycles. The van der Waals surface area contributed by atoms with Gasteiger partial charge in [0.1, 0.15) is 17.1 Å². The van der Waals surface area contributed by atoms with Crippen molar-refractivity contribution in [1.29, 1.82) is 0 Å². The molecule has 1 aromatic carbocycles. The Balaban J connectivity index is 1.32. The summed E-state index contributed by atoms with van der Waals surface area (Å²) in [5, 5.41) is 14.0. The zero-order valence-corrected chi connectivity index (χ0v) is 17.7. The van der Waals surface area contributed by atoms with Gasteiger partial charge >= 0.3 is 0 Å². The van der Waals surface area contributed by atoms with Gasteiger partial charge in [0.05, 0.1) is 11.4 Å². The largest absolute Gasteiger partial charge is 0.366 e. The van der Waals surface area contributed by atoms with Crippen molar-refractivity contribution >= 4 is 11.6 Å². The van der Waals surface area contributed by atoms with Gasteiger partial charge in [0.25, 0.3) is 11.5 Å². The molecule has 32 heavy (non-hydrogen) atoms. The Morgan fingerprint density at radius 3 is 2.44 bits per heavy atom. The van der Waals surface area contributed by atoms with Crippen molar-refractivity contribution in [2.75, 3.05) is 31.1 Å². The quantitative estimate of drug-likeness (QED) is 0.517. The lowest BCUT2D eigenvalue weighted by molar-refractivity contribution is 0.0741. The molecule has 0 aliphatic carbocycles. The number of nitrogens with zero attached hydrogens (tertiary/aromatic N) is 5. The van der Waals surface area contributed by atoms with E-state index in [1.165, 1.54) is 0 Å². The van der Waals surface area contributed by atoms with Crippen LogP contribution < -0.4 is 10.5 Å². The summed E-state index contributed by atoms with van der Waals surface area (Å²) in [5.74, 6) is -0.0788. The maximum Gasteiger partial charge on any atom is 0.272 e. The number of H-pyrrole nitrogens is 2. The lowest BCUT2D eigenvalue weighted by atomic mass is 10.1. The standard InChI is InChI=1S/C23H23N7O2/c1-28-9-5-8-19(28)17-14-18(25-24-17)23(32)30-12-10-29(11-13-30)20-15-21(31)26-27-22(20)16-6-3-2-4-7-16/h2-9,14-15H,10-13H2,1H3,(H,24,25)(H,26,31). The number of hydrogen-bond acceptors (Lipinski definition) is 5. The van der Waals surface area contributed by atoms with E-state index in [2.05, 4.69) is 25.3 Å². The molecule has 0 spiro atoms. The maximum absolute atomic E-state index is 13.0. The Kier molecular flexibility index (Phi) is 5.06. The molecule has 0 radical (unpaired) electrons. The molecule has 4 heterocycles. The summed E-state index contributed by atoms with van der Waals surface area (Å²) in [4.78, 5) is 28.9. The fourth-order valence-electron chi connectivity index (χ4n) is 4.05. The Morgan fingerprint density at radius 2 is 1.72 bits per heavy atom. The third-order valence-corrected chi connectivity index (χ3v) is 5.76. The maximum atomic E-state index is 13.0. The van der Waals surface area contributed by atoms with E-state index in [4.69, 9.17) is 0 Å². The predicted octanol–water partition coefficient (Wildman–Crippen LogP) is 2.13. The first kappa shape index (κ1) is 19.8. The van der Waals surface area contributed by atoms with Crippen LogP contribution in [-0.2, 0) is 7.05 Å². The molecule has 2 N–H and O–H groups in total. The van der Waals surface area contributed by atoms with Crippen LogP contribution >= 0.6 is 0 Å². The van der Waals surface area contributed by atoms with Crippen molar-refractivity contribution in [3.8, 4) is 22.6 Å². The Bertz CT molecular complexity index is 1300. The van der Waals surface area contributed by atoms with Gasteiger partial charge in [-0.25, -0.2) is 5.10 Å². The summed E-state index contributed by atoms with van der Waals surface area (Å²) < 4.78 is 1.96. The van der Waals surface area contributed by atoms with Gasteiger partial charge in [0.15, 0.2) is 0 Å². The zero-order chi connectivity index (χ0) is 22.1. The number of aromatic amines is 2. The van der Waals surface area contributed by atoms with Crippen LogP contribution in [0, 0.1) is 0 Å². The second-order valence-electron chi connectivity index (χ2n) is 7.78. The number of aromatic nitrogens is 5. The molecule has 0 saturated carbocycles. The van der Waals surface area contributed by atoms with Gasteiger partial charge in [0.2, 0.25) is 0 Å². The van der Waals surface area contributed by atoms with Crippen LogP contribution in [0.25, 0.3) is 22.6 Å². The molecule has 9 heteroatoms. The van der Waals surface area contributed by atoms with Crippen LogP contribution in [0.15, 0.2) is 65.6 Å². The van der Waals surface area contributed by atoms with Gasteiger partial charge in [0, 0.05) is 51.1 Å². The number of benzene rings is 1. The van der Waals surface area contributed by atoms with Gasteiger partial charge in [-0.1, -0.05) is 30.3 Å². The van der Waals surface area contributed by atoms with E-state index in [0.717, 1.165) is 28.3 Å². The summed E-state index contributed by atoms with van der Waals surface area (Å²) in [7, 11) is 1.94. The molecule has 4 aromatic rings. The van der Waals surface area contributed by atoms with Crippen LogP contribution in [0.1, 0.15) is 10.5 Å². The minimum atomic E-state index is -0.246. The first-order valence-corrected chi connectivity index (χ1v) is 10.5. The van der Waals surface area contributed by atoms with E-state index >= 15 is 0 Å². The highest BCUT2D eigenvalue weighted by Gasteiger charge is 2.26. The van der Waals surface area contributed by atoms with Crippen LogP contribution in [0.2, 0.25) is 0 Å². The van der Waals surface area contributed by atoms with Crippen molar-refractivity contribution in [3.63, 3.8) is 0 Å². The van der Waals surface area contributed by atoms with Crippen molar-refractivity contribution in [3.05, 3.63) is 76.8 Å². The smallest absolute Gasteiger partial charge is 0.272 e. The molecule has 5 rings (SSSR count). The van der Waals surface area contributed by atoms with Crippen LogP contribution in [0.3, 0.4) is 0 Å². The van der Waals surface area contributed by atoms with Gasteiger partial charge in [-0.2, -0.15) is 10.2 Å². The van der Waals surface area contributed by atoms with E-state index in [0.29, 0.717) is 31.9 Å². The minimum absolute atomic E-state index is 0.0788. The second kappa shape index (κ2) is 8.18. The molecule has 1 amide bonds. The van der Waals surface area contributed by atoms with E-state index in [1.54, 1.807) is 12.1 Å². The summed E-state index contributed by atoms with van der Waals surface area (Å²) in [6.45, 7) is 2.29. The minimum Gasteiger partial charge on any atom is -0.366 e. The van der Waals surface area contributed by atoms with Crippen LogP contribution in [-0.4, -0.2) is 61.9 Å². The summed E-state index contributed by atoms with van der Waals surface area (Å²) in [6, 6.07) is 17.0. The first-order chi connectivity index (χ1) is 15.6. The molecular formula is C23H23N7O2. The average Bonchev–Trinajstić information content (AvgIpc) is 3.48. The third kappa shape index (κ3) is 3.68. The van der Waals surface area contributed by atoms with E-state index in [9.17, 15) is 9.59 Å². The van der Waals surface area contributed by atoms with Crippen LogP contribution in [0.4, 0.5) is 5.69 Å². The number of aryl methyl sites for hydroxylation is 1. The van der Waals surface area contributed by atoms with Gasteiger partial charge in [-0.15, -0.1) is 0 Å². The highest BCUT2D eigenvalue weighted by Crippen LogP contribution is 2.28. The molecule has 9 nitrogen and oxygen atoms in total. The predicted molar refractivity (Wildman–Crippen MR) is 121 cm³/mol. The average molecular weight is 429 g/mol.